The number of rotatable bonds is 9. The molecule has 0 bridgehead atoms. The fourth-order valence-electron chi connectivity index (χ4n) is 2.81. The van der Waals surface area contributed by atoms with Gasteiger partial charge >= 0.3 is 0 Å². The molecule has 0 radical (unpaired) electrons. The number of nitrogens with zero attached hydrogens (tertiary/aromatic N) is 1. The lowest BCUT2D eigenvalue weighted by molar-refractivity contribution is -0.114. The highest BCUT2D eigenvalue weighted by atomic mass is 32.2. The molecule has 0 aliphatic rings. The lowest BCUT2D eigenvalue weighted by atomic mass is 10.1. The van der Waals surface area contributed by atoms with Gasteiger partial charge in [0.2, 0.25) is 0 Å². The minimum atomic E-state index is -0.599. The van der Waals surface area contributed by atoms with Crippen LogP contribution in [-0.4, -0.2) is 53.0 Å². The van der Waals surface area contributed by atoms with Gasteiger partial charge in [0.25, 0.3) is 5.91 Å². The van der Waals surface area contributed by atoms with Crippen LogP contribution in [0.4, 0.5) is 0 Å². The van der Waals surface area contributed by atoms with E-state index in [9.17, 15) is 9.59 Å². The number of nitrogens with one attached hydrogen (secondary N) is 1. The number of primary amides is 1. The number of amides is 1. The molecule has 0 heterocycles. The summed E-state index contributed by atoms with van der Waals surface area (Å²) in [4.78, 5) is 35.1. The van der Waals surface area contributed by atoms with Crippen LogP contribution in [-0.2, 0) is 20.7 Å². The Morgan fingerprint density at radius 1 is 1.05 bits per heavy atom. The van der Waals surface area contributed by atoms with Crippen LogP contribution in [0.1, 0.15) is 22.8 Å². The van der Waals surface area contributed by atoms with Crippen LogP contribution in [0.15, 0.2) is 87.3 Å². The van der Waals surface area contributed by atoms with Gasteiger partial charge in [-0.05, 0) is 55.6 Å². The van der Waals surface area contributed by atoms with Crippen LogP contribution < -0.4 is 16.8 Å². The minimum absolute atomic E-state index is 0.144. The number of hydrogen-bond acceptors (Lipinski definition) is 8. The molecule has 0 aliphatic carbocycles. The fourth-order valence-corrected chi connectivity index (χ4v) is 3.73. The molecular formula is C28H36N4O4S. The molecule has 0 saturated carbocycles. The van der Waals surface area contributed by atoms with Crippen LogP contribution in [0.3, 0.4) is 0 Å². The number of carbonyl (C=O) groups excluding carboxylic acids is 3. The number of ether oxygens (including phenoxy) is 1. The Hall–Kier alpha value is -3.79. The molecule has 0 fully saturated rings. The van der Waals surface area contributed by atoms with E-state index in [1.807, 2.05) is 54.6 Å². The van der Waals surface area contributed by atoms with Crippen molar-refractivity contribution in [1.82, 2.24) is 5.32 Å². The van der Waals surface area contributed by atoms with Crippen LogP contribution in [0, 0.1) is 0 Å². The maximum absolute atomic E-state index is 11.3. The summed E-state index contributed by atoms with van der Waals surface area (Å²) in [5.74, 6) is -0.599. The first-order chi connectivity index (χ1) is 17.9. The van der Waals surface area contributed by atoms with Crippen LogP contribution in [0.2, 0.25) is 0 Å². The van der Waals surface area contributed by atoms with Crippen molar-refractivity contribution < 1.29 is 19.1 Å². The summed E-state index contributed by atoms with van der Waals surface area (Å²) >= 11 is 1.40. The topological polar surface area (TPSA) is 137 Å². The number of benzene rings is 3. The van der Waals surface area contributed by atoms with Crippen molar-refractivity contribution in [2.24, 2.45) is 16.5 Å². The molecule has 37 heavy (non-hydrogen) atoms. The second-order valence-corrected chi connectivity index (χ2v) is 7.98. The van der Waals surface area contributed by atoms with E-state index >= 15 is 0 Å². The maximum atomic E-state index is 11.3. The van der Waals surface area contributed by atoms with E-state index in [-0.39, 0.29) is 5.70 Å². The molecular weight excluding hydrogens is 488 g/mol. The molecule has 0 saturated heterocycles. The number of carbonyl (C=O) groups is 3. The van der Waals surface area contributed by atoms with Crippen molar-refractivity contribution in [2.75, 3.05) is 27.8 Å². The number of nitrogens with two attached hydrogens (primary N) is 2. The molecule has 0 atom stereocenters. The highest BCUT2D eigenvalue weighted by Crippen LogP contribution is 2.29. The summed E-state index contributed by atoms with van der Waals surface area (Å²) in [5, 5.41) is 5.83. The van der Waals surface area contributed by atoms with E-state index in [4.69, 9.17) is 15.3 Å². The van der Waals surface area contributed by atoms with Crippen LogP contribution in [0.25, 0.3) is 10.8 Å². The first-order valence-electron chi connectivity index (χ1n) is 11.3. The molecule has 0 spiro atoms. The van der Waals surface area contributed by atoms with Gasteiger partial charge in [-0.3, -0.25) is 14.6 Å². The Kier molecular flexibility index (Phi) is 18.3. The van der Waals surface area contributed by atoms with Gasteiger partial charge in [0.15, 0.2) is 5.70 Å². The third-order valence-electron chi connectivity index (χ3n) is 4.49. The predicted molar refractivity (Wildman–Crippen MR) is 154 cm³/mol. The summed E-state index contributed by atoms with van der Waals surface area (Å²) in [6.45, 7) is 5.55. The molecule has 9 heteroatoms. The van der Waals surface area contributed by atoms with Gasteiger partial charge in [-0.15, -0.1) is 0 Å². The van der Waals surface area contributed by atoms with E-state index in [1.54, 1.807) is 14.2 Å². The average molecular weight is 525 g/mol. The third kappa shape index (κ3) is 12.6. The zero-order valence-electron chi connectivity index (χ0n) is 21.8. The van der Waals surface area contributed by atoms with Crippen molar-refractivity contribution in [2.45, 2.75) is 18.2 Å². The third-order valence-corrected chi connectivity index (χ3v) is 5.58. The van der Waals surface area contributed by atoms with Gasteiger partial charge in [-0.25, -0.2) is 0 Å². The molecule has 5 N–H and O–H groups in total. The van der Waals surface area contributed by atoms with Gasteiger partial charge < -0.3 is 26.3 Å². The number of aliphatic imine (C=N–C) groups is 1. The summed E-state index contributed by atoms with van der Waals surface area (Å²) in [7, 11) is 4.90. The fraction of sp³-hybridized carbons (Fsp3) is 0.214. The van der Waals surface area contributed by atoms with E-state index in [2.05, 4.69) is 34.9 Å². The molecule has 8 nitrogen and oxygen atoms in total. The Labute approximate surface area is 223 Å². The van der Waals surface area contributed by atoms with Gasteiger partial charge in [0.1, 0.15) is 17.6 Å². The monoisotopic (exact) mass is 524 g/mol. The smallest absolute Gasteiger partial charge is 0.270 e. The SMILES string of the molecule is C=N/C(C(N)=O)=C(/NC)Sc1ccc2ccccc2c1.CC=O.CN.COCCc1ccc(C=O)cc1. The van der Waals surface area contributed by atoms with Crippen LogP contribution >= 0.6 is 11.8 Å². The first kappa shape index (κ1) is 33.2. The van der Waals surface area contributed by atoms with Gasteiger partial charge in [-0.1, -0.05) is 66.4 Å². The summed E-state index contributed by atoms with van der Waals surface area (Å²) in [6, 6.07) is 21.7. The molecule has 0 aromatic heterocycles. The molecule has 3 aromatic rings. The van der Waals surface area contributed by atoms with E-state index in [0.29, 0.717) is 5.03 Å². The molecule has 3 rings (SSSR count). The minimum Gasteiger partial charge on any atom is -0.384 e. The predicted octanol–water partition coefficient (Wildman–Crippen LogP) is 3.97. The summed E-state index contributed by atoms with van der Waals surface area (Å²) in [6.07, 6.45) is 2.50. The number of fused-ring (bicyclic) bond motifs is 1. The summed E-state index contributed by atoms with van der Waals surface area (Å²) in [5.41, 5.74) is 11.8. The lowest BCUT2D eigenvalue weighted by Crippen LogP contribution is -2.18. The first-order valence-corrected chi connectivity index (χ1v) is 12.1. The Bertz CT molecular complexity index is 1150. The highest BCUT2D eigenvalue weighted by Gasteiger charge is 2.11. The standard InChI is InChI=1S/C15H15N3OS.C10H12O2.C2H4O.CH5N/c1-17-13(14(16)19)15(18-2)20-12-8-7-10-5-3-4-6-11(10)9-12;1-12-7-6-9-2-4-10(8-11)5-3-9;1-2-3;1-2/h3-9,18H,1H2,2H3,(H2,16,19);2-5,8H,6-7H2,1H3;2H,1H3;2H2,1H3/b15-13-;;;. The van der Waals surface area contributed by atoms with E-state index in [0.717, 1.165) is 41.4 Å². The molecule has 3 aromatic carbocycles. The van der Waals surface area contributed by atoms with Crippen molar-refractivity contribution in [1.29, 1.82) is 0 Å². The van der Waals surface area contributed by atoms with Gasteiger partial charge in [-0.2, -0.15) is 0 Å². The average Bonchev–Trinajstić information content (AvgIpc) is 2.93. The summed E-state index contributed by atoms with van der Waals surface area (Å²) < 4.78 is 4.93. The quantitative estimate of drug-likeness (QED) is 0.167. The lowest BCUT2D eigenvalue weighted by Gasteiger charge is -2.09. The second kappa shape index (κ2) is 20.4. The normalized spacial score (nSPS) is 10.1. The molecule has 0 unspecified atom stereocenters. The maximum Gasteiger partial charge on any atom is 0.270 e. The van der Waals surface area contributed by atoms with E-state index in [1.165, 1.54) is 36.7 Å². The number of aldehydes is 2. The van der Waals surface area contributed by atoms with E-state index < -0.39 is 5.91 Å². The number of thioether (sulfide) groups is 1. The number of hydrogen-bond donors (Lipinski definition) is 3. The highest BCUT2D eigenvalue weighted by molar-refractivity contribution is 8.03. The zero-order valence-corrected chi connectivity index (χ0v) is 22.6. The Balaban J connectivity index is 0.000000649. The van der Waals surface area contributed by atoms with Crippen molar-refractivity contribution in [3.63, 3.8) is 0 Å². The Morgan fingerprint density at radius 2 is 1.65 bits per heavy atom. The van der Waals surface area contributed by atoms with Crippen LogP contribution in [0.5, 0.6) is 0 Å². The molecule has 0 aliphatic heterocycles. The molecule has 1 amide bonds. The molecule has 198 valence electrons. The second-order valence-electron chi connectivity index (χ2n) is 6.90. The van der Waals surface area contributed by atoms with Crippen molar-refractivity contribution in [3.8, 4) is 0 Å². The zero-order chi connectivity index (χ0) is 28.1. The van der Waals surface area contributed by atoms with Gasteiger partial charge in [0.05, 0.1) is 6.61 Å². The largest absolute Gasteiger partial charge is 0.384 e. The van der Waals surface area contributed by atoms with Gasteiger partial charge in [0, 0.05) is 24.6 Å². The van der Waals surface area contributed by atoms with Crippen molar-refractivity contribution in [3.05, 3.63) is 88.6 Å². The van der Waals surface area contributed by atoms with Crippen molar-refractivity contribution >= 4 is 47.7 Å². The number of methoxy groups -OCH3 is 1. The Morgan fingerprint density at radius 3 is 2.14 bits per heavy atom.